The maximum absolute atomic E-state index is 2.49. The van der Waals surface area contributed by atoms with Crippen LogP contribution in [0.1, 0.15) is 22.3 Å². The number of benzene rings is 10. The molecule has 3 heteroatoms. The lowest BCUT2D eigenvalue weighted by Crippen LogP contribution is -2.36. The second-order valence-corrected chi connectivity index (χ2v) is 17.9. The number of hydrogen-bond donors (Lipinski definition) is 0. The van der Waals surface area contributed by atoms with Gasteiger partial charge in [-0.05, 0) is 122 Å². The zero-order chi connectivity index (χ0) is 42.2. The molecule has 1 aliphatic heterocycles. The Bertz CT molecular complexity index is 3520. The summed E-state index contributed by atoms with van der Waals surface area (Å²) >= 11 is 1.88. The number of thiophene rings is 1. The third kappa shape index (κ3) is 5.44. The fraction of sp³-hybridized carbons (Fsp3) is 0.0164. The quantitative estimate of drug-likeness (QED) is 0.165. The van der Waals surface area contributed by atoms with Gasteiger partial charge in [-0.3, -0.25) is 0 Å². The van der Waals surface area contributed by atoms with Crippen LogP contribution in [0, 0.1) is 0 Å². The Labute approximate surface area is 377 Å². The number of anilines is 6. The fourth-order valence-electron chi connectivity index (χ4n) is 10.8. The smallest absolute Gasteiger partial charge is 0.0755 e. The van der Waals surface area contributed by atoms with Crippen molar-refractivity contribution in [1.82, 2.24) is 0 Å². The predicted molar refractivity (Wildman–Crippen MR) is 270 cm³/mol. The maximum atomic E-state index is 2.49. The van der Waals surface area contributed by atoms with E-state index in [0.29, 0.717) is 0 Å². The minimum absolute atomic E-state index is 0.568. The van der Waals surface area contributed by atoms with Gasteiger partial charge in [0, 0.05) is 42.9 Å². The van der Waals surface area contributed by atoms with Gasteiger partial charge < -0.3 is 9.80 Å². The van der Waals surface area contributed by atoms with Gasteiger partial charge in [-0.15, -0.1) is 11.3 Å². The van der Waals surface area contributed by atoms with Gasteiger partial charge in [-0.2, -0.15) is 0 Å². The van der Waals surface area contributed by atoms with Crippen LogP contribution in [0.4, 0.5) is 34.1 Å². The van der Waals surface area contributed by atoms with Gasteiger partial charge in [-0.1, -0.05) is 176 Å². The van der Waals surface area contributed by atoms with Crippen LogP contribution in [0.15, 0.2) is 243 Å². The summed E-state index contributed by atoms with van der Waals surface area (Å²) in [7, 11) is 0. The molecule has 2 heterocycles. The lowest BCUT2D eigenvalue weighted by molar-refractivity contribution is 0.752. The molecule has 0 unspecified atom stereocenters. The molecule has 0 saturated heterocycles. The van der Waals surface area contributed by atoms with Crippen molar-refractivity contribution in [3.8, 4) is 33.4 Å². The largest absolute Gasteiger partial charge is 0.310 e. The zero-order valence-corrected chi connectivity index (χ0v) is 35.7. The highest BCUT2D eigenvalue weighted by Gasteiger charge is 2.51. The van der Waals surface area contributed by atoms with E-state index in [-0.39, 0.29) is 0 Å². The molecule has 0 saturated carbocycles. The second kappa shape index (κ2) is 14.6. The molecule has 2 nitrogen and oxygen atoms in total. The van der Waals surface area contributed by atoms with E-state index in [0.717, 1.165) is 22.7 Å². The van der Waals surface area contributed by atoms with Crippen LogP contribution < -0.4 is 9.80 Å². The fourth-order valence-corrected chi connectivity index (χ4v) is 12.0. The van der Waals surface area contributed by atoms with Crippen LogP contribution in [0.5, 0.6) is 0 Å². The molecule has 1 spiro atoms. The number of hydrogen-bond acceptors (Lipinski definition) is 3. The lowest BCUT2D eigenvalue weighted by atomic mass is 9.64. The topological polar surface area (TPSA) is 6.48 Å². The van der Waals surface area contributed by atoms with Gasteiger partial charge in [0.2, 0.25) is 0 Å². The molecule has 10 aromatic carbocycles. The van der Waals surface area contributed by atoms with Crippen LogP contribution in [-0.4, -0.2) is 0 Å². The van der Waals surface area contributed by atoms with E-state index >= 15 is 0 Å². The summed E-state index contributed by atoms with van der Waals surface area (Å²) < 4.78 is 2.63. The Morgan fingerprint density at radius 1 is 0.344 bits per heavy atom. The van der Waals surface area contributed by atoms with Crippen molar-refractivity contribution >= 4 is 65.6 Å². The van der Waals surface area contributed by atoms with Crippen molar-refractivity contribution in [2.45, 2.75) is 5.41 Å². The number of para-hydroxylation sites is 3. The molecular weight excluding hydrogens is 793 g/mol. The normalized spacial score (nSPS) is 13.1. The van der Waals surface area contributed by atoms with Crippen molar-refractivity contribution < 1.29 is 0 Å². The summed E-state index contributed by atoms with van der Waals surface area (Å²) in [6.45, 7) is 0. The molecule has 0 amide bonds. The number of fused-ring (bicyclic) bond motifs is 12. The Balaban J connectivity index is 1.04. The van der Waals surface area contributed by atoms with Crippen LogP contribution in [-0.2, 0) is 5.41 Å². The van der Waals surface area contributed by atoms with E-state index in [1.165, 1.54) is 87.2 Å². The molecule has 1 aliphatic carbocycles. The van der Waals surface area contributed by atoms with Crippen LogP contribution in [0.3, 0.4) is 0 Å². The van der Waals surface area contributed by atoms with E-state index in [1.807, 2.05) is 11.3 Å². The zero-order valence-electron chi connectivity index (χ0n) is 34.9. The highest BCUT2D eigenvalue weighted by atomic mass is 32.1. The maximum Gasteiger partial charge on any atom is 0.0755 e. The van der Waals surface area contributed by atoms with Gasteiger partial charge >= 0.3 is 0 Å². The monoisotopic (exact) mass is 832 g/mol. The van der Waals surface area contributed by atoms with Crippen LogP contribution in [0.2, 0.25) is 0 Å². The summed E-state index contributed by atoms with van der Waals surface area (Å²) in [5.74, 6) is 0. The molecule has 64 heavy (non-hydrogen) atoms. The third-order valence-corrected chi connectivity index (χ3v) is 14.7. The van der Waals surface area contributed by atoms with Crippen LogP contribution in [0.25, 0.3) is 53.6 Å². The Morgan fingerprint density at radius 3 is 1.67 bits per heavy atom. The molecule has 0 N–H and O–H groups in total. The Hall–Kier alpha value is -7.98. The Kier molecular flexibility index (Phi) is 8.34. The standard InChI is InChI=1S/C61H40N2S/c1-3-17-41(18-4-1)42-33-35-45(36-34-42)62(46-22-15-19-43(39-46)48-25-16-26-52-51-24-8-14-32-59(51)64-60(48)52)47-37-38-50-49-23-7-9-27-53(49)61(56(50)40-47)54-28-10-12-30-57(54)63(44-20-5-2-6-21-44)58-31-13-11-29-55(58)61/h1-40H. The van der Waals surface area contributed by atoms with Crippen molar-refractivity contribution in [2.75, 3.05) is 9.80 Å². The van der Waals surface area contributed by atoms with E-state index in [9.17, 15) is 0 Å². The minimum atomic E-state index is -0.568. The van der Waals surface area contributed by atoms with Crippen LogP contribution >= 0.6 is 11.3 Å². The molecule has 0 fully saturated rings. The summed E-state index contributed by atoms with van der Waals surface area (Å²) in [5.41, 5.74) is 18.8. The van der Waals surface area contributed by atoms with Crippen molar-refractivity contribution in [3.63, 3.8) is 0 Å². The average molecular weight is 833 g/mol. The molecule has 2 aliphatic rings. The predicted octanol–water partition coefficient (Wildman–Crippen LogP) is 17.0. The van der Waals surface area contributed by atoms with Gasteiger partial charge in [0.1, 0.15) is 0 Å². The third-order valence-electron chi connectivity index (χ3n) is 13.5. The SMILES string of the molecule is c1ccc(-c2ccc(N(c3cccc(-c4cccc5c4sc4ccccc45)c3)c3ccc4c(c3)C3(c5ccccc5-4)c4ccccc4N(c4ccccc4)c4ccccc43)cc2)cc1. The highest BCUT2D eigenvalue weighted by Crippen LogP contribution is 2.64. The molecule has 300 valence electrons. The summed E-state index contributed by atoms with van der Waals surface area (Å²) in [6.07, 6.45) is 0. The van der Waals surface area contributed by atoms with E-state index < -0.39 is 5.41 Å². The molecule has 0 bridgehead atoms. The first kappa shape index (κ1) is 36.7. The number of nitrogens with zero attached hydrogens (tertiary/aromatic N) is 2. The van der Waals surface area contributed by atoms with Gasteiger partial charge in [0.25, 0.3) is 0 Å². The van der Waals surface area contributed by atoms with Crippen molar-refractivity contribution in [3.05, 3.63) is 265 Å². The molecule has 11 aromatic rings. The average Bonchev–Trinajstić information content (AvgIpc) is 3.89. The summed E-state index contributed by atoms with van der Waals surface area (Å²) in [6, 6.07) is 89.6. The number of rotatable bonds is 6. The van der Waals surface area contributed by atoms with Crippen molar-refractivity contribution in [2.24, 2.45) is 0 Å². The molecule has 13 rings (SSSR count). The van der Waals surface area contributed by atoms with Gasteiger partial charge in [0.15, 0.2) is 0 Å². The first-order valence-corrected chi connectivity index (χ1v) is 22.8. The molecular formula is C61H40N2S. The highest BCUT2D eigenvalue weighted by molar-refractivity contribution is 7.26. The molecule has 0 radical (unpaired) electrons. The first-order chi connectivity index (χ1) is 31.8. The van der Waals surface area contributed by atoms with Gasteiger partial charge in [0.05, 0.1) is 16.8 Å². The van der Waals surface area contributed by atoms with E-state index in [4.69, 9.17) is 0 Å². The Morgan fingerprint density at radius 2 is 0.891 bits per heavy atom. The van der Waals surface area contributed by atoms with E-state index in [2.05, 4.69) is 252 Å². The molecule has 0 atom stereocenters. The molecule has 1 aromatic heterocycles. The summed E-state index contributed by atoms with van der Waals surface area (Å²) in [4.78, 5) is 4.90. The lowest BCUT2D eigenvalue weighted by Gasteiger charge is -2.45. The minimum Gasteiger partial charge on any atom is -0.310 e. The summed E-state index contributed by atoms with van der Waals surface area (Å²) in [5, 5.41) is 2.62. The second-order valence-electron chi connectivity index (χ2n) is 16.8. The first-order valence-electron chi connectivity index (χ1n) is 22.0. The van der Waals surface area contributed by atoms with E-state index in [1.54, 1.807) is 0 Å². The van der Waals surface area contributed by atoms with Crippen molar-refractivity contribution in [1.29, 1.82) is 0 Å². The van der Waals surface area contributed by atoms with Gasteiger partial charge in [-0.25, -0.2) is 0 Å².